The van der Waals surface area contributed by atoms with Crippen LogP contribution in [-0.2, 0) is 4.74 Å². The molecule has 0 radical (unpaired) electrons. The molecule has 0 atom stereocenters. The second kappa shape index (κ2) is 7.65. The fourth-order valence-electron chi connectivity index (χ4n) is 5.40. The number of hydrogen-bond donors (Lipinski definition) is 0. The van der Waals surface area contributed by atoms with Gasteiger partial charge in [-0.15, -0.1) is 0 Å². The Morgan fingerprint density at radius 3 is 2.40 bits per heavy atom. The van der Waals surface area contributed by atoms with Gasteiger partial charge in [0.05, 0.1) is 6.61 Å². The highest BCUT2D eigenvalue weighted by atomic mass is 32.2. The molecule has 1 saturated carbocycles. The zero-order chi connectivity index (χ0) is 17.3. The number of ether oxygens (including phenoxy) is 1. The van der Waals surface area contributed by atoms with Crippen LogP contribution in [0.5, 0.6) is 0 Å². The van der Waals surface area contributed by atoms with Crippen molar-refractivity contribution in [1.29, 1.82) is 0 Å². The molecule has 4 aliphatic rings. The molecule has 0 unspecified atom stereocenters. The van der Waals surface area contributed by atoms with Gasteiger partial charge in [0.15, 0.2) is 0 Å². The highest BCUT2D eigenvalue weighted by molar-refractivity contribution is 7.99. The van der Waals surface area contributed by atoms with Crippen molar-refractivity contribution in [3.63, 3.8) is 0 Å². The Kier molecular flexibility index (Phi) is 5.49. The molecule has 0 N–H and O–H groups in total. The minimum Gasteiger partial charge on any atom is -0.450 e. The Labute approximate surface area is 156 Å². The Bertz CT molecular complexity index is 469. The summed E-state index contributed by atoms with van der Waals surface area (Å²) in [5.41, 5.74) is 0.401. The summed E-state index contributed by atoms with van der Waals surface area (Å²) in [6, 6.07) is 1.59. The third-order valence-electron chi connectivity index (χ3n) is 6.88. The van der Waals surface area contributed by atoms with Gasteiger partial charge < -0.3 is 14.5 Å². The zero-order valence-corrected chi connectivity index (χ0v) is 16.4. The highest BCUT2D eigenvalue weighted by Crippen LogP contribution is 2.50. The lowest BCUT2D eigenvalue weighted by Crippen LogP contribution is -2.56. The minimum atomic E-state index is -0.108. The predicted octanol–water partition coefficient (Wildman–Crippen LogP) is 2.51. The summed E-state index contributed by atoms with van der Waals surface area (Å²) in [6.07, 6.45) is 6.33. The average molecular weight is 368 g/mol. The Balaban J connectivity index is 1.21. The van der Waals surface area contributed by atoms with E-state index in [1.165, 1.54) is 69.8 Å². The monoisotopic (exact) mass is 367 g/mol. The number of thioether (sulfide) groups is 1. The summed E-state index contributed by atoms with van der Waals surface area (Å²) in [7, 11) is 0. The lowest BCUT2D eigenvalue weighted by molar-refractivity contribution is -0.0151. The van der Waals surface area contributed by atoms with E-state index in [0.717, 1.165) is 25.2 Å². The first-order chi connectivity index (χ1) is 12.2. The molecule has 4 rings (SSSR count). The maximum atomic E-state index is 11.9. The molecule has 0 aromatic rings. The molecule has 1 spiro atoms. The van der Waals surface area contributed by atoms with Crippen LogP contribution < -0.4 is 0 Å². The first-order valence-corrected chi connectivity index (χ1v) is 11.3. The summed E-state index contributed by atoms with van der Waals surface area (Å²) in [5, 5.41) is 0. The van der Waals surface area contributed by atoms with Crippen molar-refractivity contribution in [2.45, 2.75) is 51.1 Å². The molecule has 1 amide bonds. The van der Waals surface area contributed by atoms with Crippen LogP contribution in [0.2, 0.25) is 0 Å². The van der Waals surface area contributed by atoms with E-state index < -0.39 is 0 Å². The fourth-order valence-corrected chi connectivity index (χ4v) is 6.33. The topological polar surface area (TPSA) is 36.0 Å². The van der Waals surface area contributed by atoms with Crippen molar-refractivity contribution < 1.29 is 9.53 Å². The Morgan fingerprint density at radius 1 is 1.04 bits per heavy atom. The van der Waals surface area contributed by atoms with Gasteiger partial charge >= 0.3 is 6.09 Å². The van der Waals surface area contributed by atoms with Crippen LogP contribution in [0, 0.1) is 5.41 Å². The first-order valence-electron chi connectivity index (χ1n) is 10.2. The van der Waals surface area contributed by atoms with Crippen molar-refractivity contribution in [3.05, 3.63) is 0 Å². The fraction of sp³-hybridized carbons (Fsp3) is 0.947. The number of likely N-dealkylation sites (tertiary alicyclic amines) is 2. The number of rotatable bonds is 3. The van der Waals surface area contributed by atoms with E-state index in [2.05, 4.69) is 21.6 Å². The summed E-state index contributed by atoms with van der Waals surface area (Å²) in [4.78, 5) is 19.3. The van der Waals surface area contributed by atoms with Crippen LogP contribution in [0.4, 0.5) is 4.79 Å². The number of hydrogen-bond acceptors (Lipinski definition) is 5. The van der Waals surface area contributed by atoms with E-state index in [4.69, 9.17) is 4.74 Å². The molecule has 3 aliphatic heterocycles. The van der Waals surface area contributed by atoms with Crippen LogP contribution in [-0.4, -0.2) is 90.3 Å². The maximum Gasteiger partial charge on any atom is 0.409 e. The van der Waals surface area contributed by atoms with E-state index in [0.29, 0.717) is 12.0 Å². The SMILES string of the molecule is CCOC(=O)N1CCC2(CC(N3CCC(N4CCSCC4)CC3)C2)C1. The number of carbonyl (C=O) groups excluding carboxylic acids is 1. The van der Waals surface area contributed by atoms with Crippen molar-refractivity contribution >= 4 is 17.9 Å². The Morgan fingerprint density at radius 2 is 1.72 bits per heavy atom. The van der Waals surface area contributed by atoms with Gasteiger partial charge in [-0.25, -0.2) is 4.79 Å². The summed E-state index contributed by atoms with van der Waals surface area (Å²) in [5.74, 6) is 2.64. The van der Waals surface area contributed by atoms with Gasteiger partial charge in [0, 0.05) is 49.8 Å². The Hall–Kier alpha value is -0.460. The molecular formula is C19H33N3O2S. The number of amides is 1. The van der Waals surface area contributed by atoms with Crippen molar-refractivity contribution in [3.8, 4) is 0 Å². The standard InChI is InChI=1S/C19H33N3O2S/c1-2-24-18(23)22-8-5-19(15-22)13-17(14-19)20-6-3-16(4-7-20)21-9-11-25-12-10-21/h16-17H,2-15H2,1H3. The molecule has 5 nitrogen and oxygen atoms in total. The van der Waals surface area contributed by atoms with Crippen LogP contribution in [0.3, 0.4) is 0 Å². The largest absolute Gasteiger partial charge is 0.450 e. The van der Waals surface area contributed by atoms with Crippen molar-refractivity contribution in [2.24, 2.45) is 5.41 Å². The molecule has 1 aliphatic carbocycles. The van der Waals surface area contributed by atoms with Crippen molar-refractivity contribution in [2.75, 3.05) is 57.4 Å². The van der Waals surface area contributed by atoms with Crippen LogP contribution in [0.1, 0.15) is 39.0 Å². The van der Waals surface area contributed by atoms with E-state index >= 15 is 0 Å². The smallest absolute Gasteiger partial charge is 0.409 e. The van der Waals surface area contributed by atoms with Gasteiger partial charge in [-0.3, -0.25) is 4.90 Å². The third-order valence-corrected chi connectivity index (χ3v) is 7.82. The summed E-state index contributed by atoms with van der Waals surface area (Å²) < 4.78 is 5.17. The lowest BCUT2D eigenvalue weighted by Gasteiger charge is -2.52. The quantitative estimate of drug-likeness (QED) is 0.766. The van der Waals surface area contributed by atoms with Crippen molar-refractivity contribution in [1.82, 2.24) is 14.7 Å². The van der Waals surface area contributed by atoms with E-state index in [1.807, 2.05) is 11.8 Å². The van der Waals surface area contributed by atoms with Gasteiger partial charge in [-0.2, -0.15) is 11.8 Å². The van der Waals surface area contributed by atoms with Gasteiger partial charge in [0.1, 0.15) is 0 Å². The van der Waals surface area contributed by atoms with Gasteiger partial charge in [-0.1, -0.05) is 0 Å². The molecule has 142 valence electrons. The molecule has 0 bridgehead atoms. The second-order valence-corrected chi connectivity index (χ2v) is 9.57. The minimum absolute atomic E-state index is 0.108. The predicted molar refractivity (Wildman–Crippen MR) is 102 cm³/mol. The number of nitrogens with zero attached hydrogens (tertiary/aromatic N) is 3. The molecule has 0 aromatic carbocycles. The summed E-state index contributed by atoms with van der Waals surface area (Å²) in [6.45, 7) is 9.32. The molecule has 3 heterocycles. The maximum absolute atomic E-state index is 11.9. The lowest BCUT2D eigenvalue weighted by atomic mass is 9.64. The van der Waals surface area contributed by atoms with E-state index in [9.17, 15) is 4.79 Å². The molecular weight excluding hydrogens is 334 g/mol. The molecule has 3 saturated heterocycles. The summed E-state index contributed by atoms with van der Waals surface area (Å²) >= 11 is 2.11. The molecule has 25 heavy (non-hydrogen) atoms. The van der Waals surface area contributed by atoms with Crippen LogP contribution in [0.25, 0.3) is 0 Å². The van der Waals surface area contributed by atoms with Crippen LogP contribution >= 0.6 is 11.8 Å². The number of piperidine rings is 1. The van der Waals surface area contributed by atoms with Gasteiger partial charge in [0.2, 0.25) is 0 Å². The molecule has 6 heteroatoms. The highest BCUT2D eigenvalue weighted by Gasteiger charge is 2.51. The zero-order valence-electron chi connectivity index (χ0n) is 15.6. The second-order valence-electron chi connectivity index (χ2n) is 8.35. The normalized spacial score (nSPS) is 35.1. The molecule has 0 aromatic heterocycles. The van der Waals surface area contributed by atoms with Crippen LogP contribution in [0.15, 0.2) is 0 Å². The first kappa shape index (κ1) is 17.9. The molecule has 4 fully saturated rings. The van der Waals surface area contributed by atoms with E-state index in [-0.39, 0.29) is 6.09 Å². The number of carbonyl (C=O) groups is 1. The van der Waals surface area contributed by atoms with Gasteiger partial charge in [-0.05, 0) is 57.5 Å². The average Bonchev–Trinajstić information content (AvgIpc) is 3.08. The van der Waals surface area contributed by atoms with E-state index in [1.54, 1.807) is 0 Å². The third kappa shape index (κ3) is 3.81. The van der Waals surface area contributed by atoms with Gasteiger partial charge in [0.25, 0.3) is 0 Å².